The number of hydrogen-bond donors (Lipinski definition) is 2. The van der Waals surface area contributed by atoms with E-state index in [1.165, 1.54) is 4.90 Å². The van der Waals surface area contributed by atoms with Crippen molar-refractivity contribution in [2.24, 2.45) is 0 Å². The highest BCUT2D eigenvalue weighted by Crippen LogP contribution is 2.24. The van der Waals surface area contributed by atoms with Gasteiger partial charge in [0.15, 0.2) is 0 Å². The zero-order valence-corrected chi connectivity index (χ0v) is 12.6. The Balaban J connectivity index is 2.34. The fraction of sp³-hybridized carbons (Fsp3) is 0.462. The summed E-state index contributed by atoms with van der Waals surface area (Å²) in [5, 5.41) is 0. The van der Waals surface area contributed by atoms with Crippen LogP contribution in [-0.2, 0) is 14.8 Å². The molecule has 0 aromatic heterocycles. The molecule has 2 rings (SSSR count). The smallest absolute Gasteiger partial charge is 0.241 e. The van der Waals surface area contributed by atoms with Gasteiger partial charge in [0.2, 0.25) is 15.9 Å². The van der Waals surface area contributed by atoms with Crippen molar-refractivity contribution in [3.63, 3.8) is 0 Å². The highest BCUT2D eigenvalue weighted by atomic mass is 32.2. The van der Waals surface area contributed by atoms with Gasteiger partial charge in [0.05, 0.1) is 4.90 Å². The van der Waals surface area contributed by atoms with Crippen LogP contribution in [-0.4, -0.2) is 38.9 Å². The van der Waals surface area contributed by atoms with Crippen LogP contribution in [0.2, 0.25) is 0 Å². The fourth-order valence-electron chi connectivity index (χ4n) is 2.31. The van der Waals surface area contributed by atoms with E-state index in [0.717, 1.165) is 5.56 Å². The summed E-state index contributed by atoms with van der Waals surface area (Å²) in [4.78, 5) is 13.5. The van der Waals surface area contributed by atoms with Crippen molar-refractivity contribution in [1.82, 2.24) is 9.62 Å². The Morgan fingerprint density at radius 2 is 2.00 bits per heavy atom. The van der Waals surface area contributed by atoms with Crippen LogP contribution >= 0.6 is 0 Å². The van der Waals surface area contributed by atoms with E-state index in [2.05, 4.69) is 4.72 Å². The second-order valence-corrected chi connectivity index (χ2v) is 6.88. The van der Waals surface area contributed by atoms with Gasteiger partial charge in [-0.15, -0.1) is 0 Å². The Hall–Kier alpha value is -1.60. The molecule has 1 amide bonds. The second kappa shape index (κ2) is 5.06. The predicted octanol–water partition coefficient (Wildman–Crippen LogP) is 0.395. The number of carbonyl (C=O) groups is 1. The Labute approximate surface area is 119 Å². The van der Waals surface area contributed by atoms with Gasteiger partial charge < -0.3 is 10.6 Å². The molecule has 110 valence electrons. The summed E-state index contributed by atoms with van der Waals surface area (Å²) in [6.45, 7) is 4.00. The molecule has 1 fully saturated rings. The lowest BCUT2D eigenvalue weighted by molar-refractivity contribution is -0.127. The number of hydrogen-bond acceptors (Lipinski definition) is 4. The number of nitrogen functional groups attached to an aromatic ring is 1. The minimum absolute atomic E-state index is 0.136. The molecule has 20 heavy (non-hydrogen) atoms. The van der Waals surface area contributed by atoms with E-state index in [4.69, 9.17) is 5.73 Å². The minimum atomic E-state index is -3.75. The average Bonchev–Trinajstić information content (AvgIpc) is 2.65. The van der Waals surface area contributed by atoms with Gasteiger partial charge in [-0.2, -0.15) is 4.72 Å². The summed E-state index contributed by atoms with van der Waals surface area (Å²) in [6.07, 6.45) is 0.481. The van der Waals surface area contributed by atoms with Crippen molar-refractivity contribution < 1.29 is 13.2 Å². The first kappa shape index (κ1) is 14.8. The number of likely N-dealkylation sites (tertiary alicyclic amines) is 1. The molecule has 0 aliphatic carbocycles. The van der Waals surface area contributed by atoms with Crippen LogP contribution in [0.5, 0.6) is 0 Å². The molecule has 0 radical (unpaired) electrons. The zero-order valence-electron chi connectivity index (χ0n) is 11.8. The highest BCUT2D eigenvalue weighted by molar-refractivity contribution is 7.89. The van der Waals surface area contributed by atoms with Crippen LogP contribution < -0.4 is 10.5 Å². The number of likely N-dealkylation sites (N-methyl/N-ethyl adjacent to an activating group) is 1. The SMILES string of the molecule is Cc1cc(N)c(C)c(S(=O)(=O)NC2CCN(C)C2=O)c1. The van der Waals surface area contributed by atoms with Crippen LogP contribution in [0.15, 0.2) is 17.0 Å². The summed E-state index contributed by atoms with van der Waals surface area (Å²) in [5.41, 5.74) is 7.51. The molecule has 0 spiro atoms. The molecular weight excluding hydrogens is 278 g/mol. The van der Waals surface area contributed by atoms with Crippen LogP contribution in [0.1, 0.15) is 17.5 Å². The first-order valence-electron chi connectivity index (χ1n) is 6.36. The molecule has 1 aliphatic heterocycles. The van der Waals surface area contributed by atoms with E-state index in [1.807, 2.05) is 0 Å². The van der Waals surface area contributed by atoms with E-state index in [0.29, 0.717) is 24.2 Å². The van der Waals surface area contributed by atoms with E-state index in [-0.39, 0.29) is 10.8 Å². The summed E-state index contributed by atoms with van der Waals surface area (Å²) < 4.78 is 27.3. The molecule has 6 nitrogen and oxygen atoms in total. The van der Waals surface area contributed by atoms with Crippen molar-refractivity contribution in [1.29, 1.82) is 0 Å². The third-order valence-electron chi connectivity index (χ3n) is 3.56. The maximum Gasteiger partial charge on any atom is 0.241 e. The molecule has 0 bridgehead atoms. The highest BCUT2D eigenvalue weighted by Gasteiger charge is 2.33. The van der Waals surface area contributed by atoms with Crippen molar-refractivity contribution in [3.8, 4) is 0 Å². The second-order valence-electron chi connectivity index (χ2n) is 5.20. The third-order valence-corrected chi connectivity index (χ3v) is 5.16. The van der Waals surface area contributed by atoms with E-state index in [9.17, 15) is 13.2 Å². The first-order chi connectivity index (χ1) is 9.22. The quantitative estimate of drug-likeness (QED) is 0.790. The topological polar surface area (TPSA) is 92.5 Å². The Bertz CT molecular complexity index is 655. The Kier molecular flexibility index (Phi) is 3.75. The lowest BCUT2D eigenvalue weighted by atomic mass is 10.1. The third kappa shape index (κ3) is 2.64. The molecular formula is C13H19N3O3S. The van der Waals surface area contributed by atoms with Gasteiger partial charge in [-0.25, -0.2) is 8.42 Å². The lowest BCUT2D eigenvalue weighted by Crippen LogP contribution is -2.40. The van der Waals surface area contributed by atoms with Crippen molar-refractivity contribution in [2.45, 2.75) is 31.2 Å². The van der Waals surface area contributed by atoms with Gasteiger partial charge >= 0.3 is 0 Å². The van der Waals surface area contributed by atoms with Crippen LogP contribution in [0.25, 0.3) is 0 Å². The van der Waals surface area contributed by atoms with Gasteiger partial charge in [0, 0.05) is 19.3 Å². The normalized spacial score (nSPS) is 19.6. The minimum Gasteiger partial charge on any atom is -0.398 e. The molecule has 7 heteroatoms. The van der Waals surface area contributed by atoms with Crippen LogP contribution in [0.3, 0.4) is 0 Å². The van der Waals surface area contributed by atoms with Gasteiger partial charge in [-0.05, 0) is 43.5 Å². The first-order valence-corrected chi connectivity index (χ1v) is 7.84. The molecule has 1 heterocycles. The molecule has 0 saturated carbocycles. The maximum atomic E-state index is 12.4. The van der Waals surface area contributed by atoms with Gasteiger partial charge in [-0.1, -0.05) is 0 Å². The maximum absolute atomic E-state index is 12.4. The van der Waals surface area contributed by atoms with Crippen LogP contribution in [0.4, 0.5) is 5.69 Å². The van der Waals surface area contributed by atoms with Gasteiger partial charge in [0.1, 0.15) is 6.04 Å². The standard InChI is InChI=1S/C13H19N3O3S/c1-8-6-10(14)9(2)12(7-8)20(18,19)15-11-4-5-16(3)13(11)17/h6-7,11,15H,4-5,14H2,1-3H3. The summed E-state index contributed by atoms with van der Waals surface area (Å²) in [6, 6.07) is 2.60. The summed E-state index contributed by atoms with van der Waals surface area (Å²) >= 11 is 0. The molecule has 3 N–H and O–H groups in total. The largest absolute Gasteiger partial charge is 0.398 e. The summed E-state index contributed by atoms with van der Waals surface area (Å²) in [5.74, 6) is -0.202. The molecule has 1 unspecified atom stereocenters. The monoisotopic (exact) mass is 297 g/mol. The molecule has 1 saturated heterocycles. The number of rotatable bonds is 3. The molecule has 1 aliphatic rings. The Morgan fingerprint density at radius 1 is 1.35 bits per heavy atom. The van der Waals surface area contributed by atoms with E-state index in [1.54, 1.807) is 33.0 Å². The molecule has 1 aromatic carbocycles. The zero-order chi connectivity index (χ0) is 15.1. The number of aryl methyl sites for hydroxylation is 1. The fourth-order valence-corrected chi connectivity index (χ4v) is 3.90. The number of benzene rings is 1. The van der Waals surface area contributed by atoms with Gasteiger partial charge in [0.25, 0.3) is 0 Å². The number of anilines is 1. The van der Waals surface area contributed by atoms with E-state index < -0.39 is 16.1 Å². The number of nitrogens with two attached hydrogens (primary N) is 1. The van der Waals surface area contributed by atoms with Crippen molar-refractivity contribution in [2.75, 3.05) is 19.3 Å². The molecule has 1 aromatic rings. The number of nitrogens with zero attached hydrogens (tertiary/aromatic N) is 1. The van der Waals surface area contributed by atoms with Crippen molar-refractivity contribution >= 4 is 21.6 Å². The van der Waals surface area contributed by atoms with E-state index >= 15 is 0 Å². The van der Waals surface area contributed by atoms with Crippen LogP contribution in [0, 0.1) is 13.8 Å². The number of carbonyl (C=O) groups excluding carboxylic acids is 1. The average molecular weight is 297 g/mol. The Morgan fingerprint density at radius 3 is 2.55 bits per heavy atom. The predicted molar refractivity (Wildman–Crippen MR) is 76.7 cm³/mol. The van der Waals surface area contributed by atoms with Crippen molar-refractivity contribution in [3.05, 3.63) is 23.3 Å². The number of nitrogens with one attached hydrogen (secondary N) is 1. The lowest BCUT2D eigenvalue weighted by Gasteiger charge is -2.15. The number of amides is 1. The number of sulfonamides is 1. The summed E-state index contributed by atoms with van der Waals surface area (Å²) in [7, 11) is -2.09. The van der Waals surface area contributed by atoms with Gasteiger partial charge in [-0.3, -0.25) is 4.79 Å². The molecule has 1 atom stereocenters.